The summed E-state index contributed by atoms with van der Waals surface area (Å²) < 4.78 is 10.6. The molecule has 3 aromatic rings. The van der Waals surface area contributed by atoms with Crippen molar-refractivity contribution in [3.63, 3.8) is 0 Å². The molecule has 0 aromatic heterocycles. The summed E-state index contributed by atoms with van der Waals surface area (Å²) >= 11 is 5.01. The second-order valence-corrected chi connectivity index (χ2v) is 6.36. The van der Waals surface area contributed by atoms with Gasteiger partial charge in [0.15, 0.2) is 11.7 Å². The minimum absolute atomic E-state index is 0.0432. The number of thiocarbonyl (C=S) groups is 1. The Kier molecular flexibility index (Phi) is 6.59. The van der Waals surface area contributed by atoms with Crippen LogP contribution in [0.25, 0.3) is 10.8 Å². The number of ether oxygens (including phenoxy) is 2. The van der Waals surface area contributed by atoms with E-state index >= 15 is 0 Å². The highest BCUT2D eigenvalue weighted by atomic mass is 32.1. The first-order valence-electron chi connectivity index (χ1n) is 8.71. The molecule has 0 bridgehead atoms. The Hall–Kier alpha value is -3.65. The second-order valence-electron chi connectivity index (χ2n) is 5.95. The van der Waals surface area contributed by atoms with E-state index in [0.717, 1.165) is 10.8 Å². The molecule has 0 atom stereocenters. The normalized spacial score (nSPS) is 10.1. The standard InChI is InChI=1S/C21H19N3O4S/c1-27-16-11-9-15(10-12-16)20(26)23-24-21(29)22-19(25)13-28-18-8-4-6-14-5-2-3-7-17(14)18/h2-12H,13H2,1H3,(H,23,26)(H2,22,24,25,29). The number of hydrogen-bond donors (Lipinski definition) is 3. The summed E-state index contributed by atoms with van der Waals surface area (Å²) in [5, 5.41) is 4.33. The SMILES string of the molecule is COc1ccc(C(=O)NNC(=S)NC(=O)COc2cccc3ccccc23)cc1. The van der Waals surface area contributed by atoms with Crippen molar-refractivity contribution in [1.82, 2.24) is 16.2 Å². The summed E-state index contributed by atoms with van der Waals surface area (Å²) in [6.07, 6.45) is 0. The van der Waals surface area contributed by atoms with Crippen molar-refractivity contribution in [3.8, 4) is 11.5 Å². The third-order valence-corrected chi connectivity index (χ3v) is 4.21. The first-order valence-corrected chi connectivity index (χ1v) is 9.12. The third kappa shape index (κ3) is 5.43. The summed E-state index contributed by atoms with van der Waals surface area (Å²) in [7, 11) is 1.54. The number of amides is 2. The van der Waals surface area contributed by atoms with Gasteiger partial charge in [-0.25, -0.2) is 0 Å². The third-order valence-electron chi connectivity index (χ3n) is 4.00. The number of benzene rings is 3. The van der Waals surface area contributed by atoms with E-state index in [1.54, 1.807) is 37.4 Å². The lowest BCUT2D eigenvalue weighted by molar-refractivity contribution is -0.121. The quantitative estimate of drug-likeness (QED) is 0.443. The molecule has 3 aromatic carbocycles. The van der Waals surface area contributed by atoms with Crippen LogP contribution in [0.1, 0.15) is 10.4 Å². The van der Waals surface area contributed by atoms with Crippen LogP contribution in [-0.2, 0) is 4.79 Å². The fourth-order valence-electron chi connectivity index (χ4n) is 2.59. The Labute approximate surface area is 173 Å². The molecular weight excluding hydrogens is 390 g/mol. The first kappa shape index (κ1) is 20.1. The molecule has 0 saturated heterocycles. The highest BCUT2D eigenvalue weighted by Crippen LogP contribution is 2.24. The predicted octanol–water partition coefficient (Wildman–Crippen LogP) is 2.56. The van der Waals surface area contributed by atoms with Gasteiger partial charge in [0, 0.05) is 10.9 Å². The van der Waals surface area contributed by atoms with Crippen molar-refractivity contribution in [2.24, 2.45) is 0 Å². The molecule has 2 amide bonds. The minimum atomic E-state index is -0.450. The fourth-order valence-corrected chi connectivity index (χ4v) is 2.75. The van der Waals surface area contributed by atoms with E-state index in [0.29, 0.717) is 17.1 Å². The van der Waals surface area contributed by atoms with Gasteiger partial charge in [-0.15, -0.1) is 0 Å². The summed E-state index contributed by atoms with van der Waals surface area (Å²) in [4.78, 5) is 24.1. The maximum Gasteiger partial charge on any atom is 0.269 e. The van der Waals surface area contributed by atoms with E-state index in [1.165, 1.54) is 0 Å². The summed E-state index contributed by atoms with van der Waals surface area (Å²) in [5.41, 5.74) is 5.30. The van der Waals surface area contributed by atoms with Gasteiger partial charge in [-0.1, -0.05) is 36.4 Å². The van der Waals surface area contributed by atoms with Gasteiger partial charge in [0.2, 0.25) is 0 Å². The van der Waals surface area contributed by atoms with Crippen molar-refractivity contribution in [3.05, 3.63) is 72.3 Å². The van der Waals surface area contributed by atoms with Gasteiger partial charge in [-0.3, -0.25) is 25.8 Å². The summed E-state index contributed by atoms with van der Waals surface area (Å²) in [6.45, 7) is -0.220. The molecule has 0 heterocycles. The average molecular weight is 409 g/mol. The largest absolute Gasteiger partial charge is 0.497 e. The number of nitrogens with one attached hydrogen (secondary N) is 3. The molecule has 0 aliphatic rings. The Balaban J connectivity index is 1.46. The molecule has 0 aliphatic heterocycles. The zero-order valence-electron chi connectivity index (χ0n) is 15.6. The number of carbonyl (C=O) groups is 2. The van der Waals surface area contributed by atoms with E-state index in [4.69, 9.17) is 21.7 Å². The van der Waals surface area contributed by atoms with Crippen molar-refractivity contribution in [2.45, 2.75) is 0 Å². The first-order chi connectivity index (χ1) is 14.1. The van der Waals surface area contributed by atoms with E-state index in [-0.39, 0.29) is 11.7 Å². The van der Waals surface area contributed by atoms with Crippen LogP contribution in [0.15, 0.2) is 66.7 Å². The monoisotopic (exact) mass is 409 g/mol. The van der Waals surface area contributed by atoms with Crippen LogP contribution in [0, 0.1) is 0 Å². The maximum absolute atomic E-state index is 12.1. The van der Waals surface area contributed by atoms with Gasteiger partial charge in [0.25, 0.3) is 11.8 Å². The highest BCUT2D eigenvalue weighted by molar-refractivity contribution is 7.80. The lowest BCUT2D eigenvalue weighted by Crippen LogP contribution is -2.49. The number of carbonyl (C=O) groups excluding carboxylic acids is 2. The van der Waals surface area contributed by atoms with Gasteiger partial charge >= 0.3 is 0 Å². The Morgan fingerprint density at radius 2 is 1.66 bits per heavy atom. The van der Waals surface area contributed by atoms with Crippen LogP contribution >= 0.6 is 12.2 Å². The van der Waals surface area contributed by atoms with Gasteiger partial charge in [-0.2, -0.15) is 0 Å². The molecular formula is C21H19N3O4S. The fraction of sp³-hybridized carbons (Fsp3) is 0.0952. The van der Waals surface area contributed by atoms with E-state index < -0.39 is 11.8 Å². The number of hydrogen-bond acceptors (Lipinski definition) is 5. The predicted molar refractivity (Wildman–Crippen MR) is 114 cm³/mol. The van der Waals surface area contributed by atoms with Crippen molar-refractivity contribution < 1.29 is 19.1 Å². The molecule has 0 unspecified atom stereocenters. The molecule has 0 aliphatic carbocycles. The van der Waals surface area contributed by atoms with Crippen molar-refractivity contribution >= 4 is 39.9 Å². The lowest BCUT2D eigenvalue weighted by atomic mass is 10.1. The number of fused-ring (bicyclic) bond motifs is 1. The molecule has 0 saturated carbocycles. The zero-order valence-corrected chi connectivity index (χ0v) is 16.4. The topological polar surface area (TPSA) is 88.7 Å². The molecule has 3 N–H and O–H groups in total. The average Bonchev–Trinajstić information content (AvgIpc) is 2.76. The number of rotatable bonds is 5. The van der Waals surface area contributed by atoms with Crippen LogP contribution in [0.5, 0.6) is 11.5 Å². The van der Waals surface area contributed by atoms with Gasteiger partial charge in [0.1, 0.15) is 11.5 Å². The van der Waals surface area contributed by atoms with Gasteiger partial charge in [-0.05, 0) is 47.9 Å². The molecule has 7 nitrogen and oxygen atoms in total. The van der Waals surface area contributed by atoms with Crippen LogP contribution in [0.2, 0.25) is 0 Å². The maximum atomic E-state index is 12.1. The van der Waals surface area contributed by atoms with E-state index in [1.807, 2.05) is 36.4 Å². The zero-order chi connectivity index (χ0) is 20.6. The second kappa shape index (κ2) is 9.52. The molecule has 0 radical (unpaired) electrons. The van der Waals surface area contributed by atoms with Crippen LogP contribution in [0.4, 0.5) is 0 Å². The Morgan fingerprint density at radius 1 is 0.931 bits per heavy atom. The molecule has 3 rings (SSSR count). The Morgan fingerprint density at radius 3 is 2.41 bits per heavy atom. The van der Waals surface area contributed by atoms with E-state index in [2.05, 4.69) is 16.2 Å². The van der Waals surface area contributed by atoms with Crippen LogP contribution in [-0.4, -0.2) is 30.6 Å². The lowest BCUT2D eigenvalue weighted by Gasteiger charge is -2.12. The highest BCUT2D eigenvalue weighted by Gasteiger charge is 2.09. The molecule has 148 valence electrons. The molecule has 8 heteroatoms. The van der Waals surface area contributed by atoms with Crippen molar-refractivity contribution in [2.75, 3.05) is 13.7 Å². The van der Waals surface area contributed by atoms with Crippen LogP contribution < -0.4 is 25.6 Å². The molecule has 0 spiro atoms. The summed E-state index contributed by atoms with van der Waals surface area (Å²) in [5.74, 6) is 0.388. The van der Waals surface area contributed by atoms with Crippen LogP contribution in [0.3, 0.4) is 0 Å². The summed E-state index contributed by atoms with van der Waals surface area (Å²) in [6, 6.07) is 19.9. The van der Waals surface area contributed by atoms with Gasteiger partial charge in [0.05, 0.1) is 7.11 Å². The smallest absolute Gasteiger partial charge is 0.269 e. The minimum Gasteiger partial charge on any atom is -0.497 e. The van der Waals surface area contributed by atoms with Crippen molar-refractivity contribution in [1.29, 1.82) is 0 Å². The Bertz CT molecular complexity index is 1030. The van der Waals surface area contributed by atoms with E-state index in [9.17, 15) is 9.59 Å². The molecule has 29 heavy (non-hydrogen) atoms. The number of hydrazine groups is 1. The number of methoxy groups -OCH3 is 1. The van der Waals surface area contributed by atoms with Gasteiger partial charge < -0.3 is 9.47 Å². The molecule has 0 fully saturated rings.